The number of esters is 1. The van der Waals surface area contributed by atoms with E-state index in [4.69, 9.17) is 9.84 Å². The van der Waals surface area contributed by atoms with Crippen molar-refractivity contribution >= 4 is 5.97 Å². The Morgan fingerprint density at radius 1 is 1.28 bits per heavy atom. The summed E-state index contributed by atoms with van der Waals surface area (Å²) in [7, 11) is 0. The third-order valence-electron chi connectivity index (χ3n) is 2.55. The molecule has 0 saturated heterocycles. The van der Waals surface area contributed by atoms with E-state index < -0.39 is 18.2 Å². The SMILES string of the molecule is CCOC(=O)c1ccc(C(O)C(O)CCO)cc1. The van der Waals surface area contributed by atoms with E-state index in [1.165, 1.54) is 12.1 Å². The first kappa shape index (κ1) is 14.6. The van der Waals surface area contributed by atoms with Gasteiger partial charge < -0.3 is 20.1 Å². The Kier molecular flexibility index (Phi) is 5.77. The van der Waals surface area contributed by atoms with Gasteiger partial charge in [0.2, 0.25) is 0 Å². The van der Waals surface area contributed by atoms with E-state index in [2.05, 4.69) is 0 Å². The number of aliphatic hydroxyl groups excluding tert-OH is 3. The third-order valence-corrected chi connectivity index (χ3v) is 2.55. The number of aliphatic hydroxyl groups is 3. The van der Waals surface area contributed by atoms with Gasteiger partial charge in [-0.15, -0.1) is 0 Å². The predicted octanol–water partition coefficient (Wildman–Crippen LogP) is 0.640. The number of benzene rings is 1. The second-order valence-electron chi connectivity index (χ2n) is 3.87. The topological polar surface area (TPSA) is 87.0 Å². The number of carbonyl (C=O) groups is 1. The Balaban J connectivity index is 2.73. The van der Waals surface area contributed by atoms with Gasteiger partial charge in [-0.1, -0.05) is 12.1 Å². The van der Waals surface area contributed by atoms with Crippen LogP contribution in [0.5, 0.6) is 0 Å². The minimum Gasteiger partial charge on any atom is -0.462 e. The summed E-state index contributed by atoms with van der Waals surface area (Å²) in [5.74, 6) is -0.422. The van der Waals surface area contributed by atoms with Crippen LogP contribution in [-0.4, -0.2) is 40.6 Å². The van der Waals surface area contributed by atoms with Crippen LogP contribution in [0.2, 0.25) is 0 Å². The quantitative estimate of drug-likeness (QED) is 0.648. The van der Waals surface area contributed by atoms with Crippen molar-refractivity contribution in [2.24, 2.45) is 0 Å². The molecule has 5 heteroatoms. The fourth-order valence-electron chi connectivity index (χ4n) is 1.54. The van der Waals surface area contributed by atoms with Gasteiger partial charge in [0.05, 0.1) is 18.3 Å². The normalized spacial score (nSPS) is 14.0. The molecular formula is C13H18O5. The summed E-state index contributed by atoms with van der Waals surface area (Å²) in [6.07, 6.45) is -2.00. The van der Waals surface area contributed by atoms with Gasteiger partial charge in [-0.2, -0.15) is 0 Å². The molecule has 0 aliphatic rings. The van der Waals surface area contributed by atoms with E-state index in [1.54, 1.807) is 19.1 Å². The molecule has 0 aliphatic carbocycles. The van der Waals surface area contributed by atoms with Crippen molar-refractivity contribution in [2.75, 3.05) is 13.2 Å². The van der Waals surface area contributed by atoms with E-state index in [0.717, 1.165) is 0 Å². The van der Waals surface area contributed by atoms with E-state index >= 15 is 0 Å². The summed E-state index contributed by atoms with van der Waals surface area (Å²) in [6.45, 7) is 1.83. The highest BCUT2D eigenvalue weighted by Crippen LogP contribution is 2.19. The van der Waals surface area contributed by atoms with Crippen molar-refractivity contribution in [3.63, 3.8) is 0 Å². The fourth-order valence-corrected chi connectivity index (χ4v) is 1.54. The molecule has 1 aromatic carbocycles. The number of rotatable bonds is 6. The zero-order valence-corrected chi connectivity index (χ0v) is 10.2. The number of hydrogen-bond donors (Lipinski definition) is 3. The summed E-state index contributed by atoms with van der Waals surface area (Å²) in [5, 5.41) is 28.0. The van der Waals surface area contributed by atoms with Crippen LogP contribution in [0.15, 0.2) is 24.3 Å². The van der Waals surface area contributed by atoms with Crippen LogP contribution >= 0.6 is 0 Å². The Hall–Kier alpha value is -1.43. The molecule has 18 heavy (non-hydrogen) atoms. The maximum atomic E-state index is 11.4. The fraction of sp³-hybridized carbons (Fsp3) is 0.462. The zero-order chi connectivity index (χ0) is 13.5. The first-order valence-electron chi connectivity index (χ1n) is 5.84. The lowest BCUT2D eigenvalue weighted by atomic mass is 10.0. The van der Waals surface area contributed by atoms with Crippen LogP contribution in [-0.2, 0) is 4.74 Å². The number of hydrogen-bond acceptors (Lipinski definition) is 5. The molecule has 0 bridgehead atoms. The van der Waals surface area contributed by atoms with Crippen LogP contribution in [0.4, 0.5) is 0 Å². The third kappa shape index (κ3) is 3.80. The standard InChI is InChI=1S/C13H18O5/c1-2-18-13(17)10-5-3-9(4-6-10)12(16)11(15)7-8-14/h3-6,11-12,14-16H,2,7-8H2,1H3. The van der Waals surface area contributed by atoms with Crippen LogP contribution in [0.25, 0.3) is 0 Å². The van der Waals surface area contributed by atoms with Crippen LogP contribution in [0.1, 0.15) is 35.4 Å². The molecule has 100 valence electrons. The summed E-state index contributed by atoms with van der Waals surface area (Å²) >= 11 is 0. The van der Waals surface area contributed by atoms with Gasteiger partial charge in [0.25, 0.3) is 0 Å². The van der Waals surface area contributed by atoms with E-state index in [0.29, 0.717) is 17.7 Å². The first-order chi connectivity index (χ1) is 8.60. The van der Waals surface area contributed by atoms with Crippen molar-refractivity contribution < 1.29 is 24.9 Å². The van der Waals surface area contributed by atoms with Gasteiger partial charge in [-0.3, -0.25) is 0 Å². The average Bonchev–Trinajstić information content (AvgIpc) is 2.38. The maximum absolute atomic E-state index is 11.4. The molecule has 3 N–H and O–H groups in total. The van der Waals surface area contributed by atoms with Crippen molar-refractivity contribution in [2.45, 2.75) is 25.6 Å². The molecule has 0 fully saturated rings. The van der Waals surface area contributed by atoms with E-state index in [1.807, 2.05) is 0 Å². The van der Waals surface area contributed by atoms with Crippen molar-refractivity contribution in [1.82, 2.24) is 0 Å². The average molecular weight is 254 g/mol. The molecule has 2 unspecified atom stereocenters. The van der Waals surface area contributed by atoms with Crippen LogP contribution in [0, 0.1) is 0 Å². The maximum Gasteiger partial charge on any atom is 0.338 e. The molecule has 0 saturated carbocycles. The molecule has 1 rings (SSSR count). The highest BCUT2D eigenvalue weighted by atomic mass is 16.5. The number of ether oxygens (including phenoxy) is 1. The summed E-state index contributed by atoms with van der Waals surface area (Å²) in [4.78, 5) is 11.4. The van der Waals surface area contributed by atoms with Crippen LogP contribution in [0.3, 0.4) is 0 Å². The summed E-state index contributed by atoms with van der Waals surface area (Å²) in [5.41, 5.74) is 0.883. The Morgan fingerprint density at radius 2 is 1.89 bits per heavy atom. The first-order valence-corrected chi connectivity index (χ1v) is 5.84. The Bertz CT molecular complexity index is 373. The Labute approximate surface area is 106 Å². The van der Waals surface area contributed by atoms with Gasteiger partial charge in [0, 0.05) is 6.61 Å². The van der Waals surface area contributed by atoms with Gasteiger partial charge >= 0.3 is 5.97 Å². The molecule has 5 nitrogen and oxygen atoms in total. The van der Waals surface area contributed by atoms with E-state index in [9.17, 15) is 15.0 Å². The Morgan fingerprint density at radius 3 is 2.39 bits per heavy atom. The molecule has 0 aromatic heterocycles. The molecule has 0 heterocycles. The monoisotopic (exact) mass is 254 g/mol. The molecular weight excluding hydrogens is 236 g/mol. The highest BCUT2D eigenvalue weighted by Gasteiger charge is 2.18. The molecule has 0 spiro atoms. The lowest BCUT2D eigenvalue weighted by Gasteiger charge is -2.17. The lowest BCUT2D eigenvalue weighted by molar-refractivity contribution is 0.00420. The van der Waals surface area contributed by atoms with Crippen molar-refractivity contribution in [1.29, 1.82) is 0 Å². The van der Waals surface area contributed by atoms with Gasteiger partial charge in [0.1, 0.15) is 6.10 Å². The largest absolute Gasteiger partial charge is 0.462 e. The molecule has 0 amide bonds. The van der Waals surface area contributed by atoms with Gasteiger partial charge in [-0.05, 0) is 31.0 Å². The van der Waals surface area contributed by atoms with Crippen LogP contribution < -0.4 is 0 Å². The lowest BCUT2D eigenvalue weighted by Crippen LogP contribution is -2.19. The smallest absolute Gasteiger partial charge is 0.338 e. The van der Waals surface area contributed by atoms with Crippen molar-refractivity contribution in [3.8, 4) is 0 Å². The molecule has 0 aliphatic heterocycles. The summed E-state index contributed by atoms with van der Waals surface area (Å²) < 4.78 is 4.83. The van der Waals surface area contributed by atoms with Gasteiger partial charge in [-0.25, -0.2) is 4.79 Å². The summed E-state index contributed by atoms with van der Waals surface area (Å²) in [6, 6.07) is 6.17. The van der Waals surface area contributed by atoms with Crippen molar-refractivity contribution in [3.05, 3.63) is 35.4 Å². The minimum absolute atomic E-state index is 0.0980. The minimum atomic E-state index is -1.08. The molecule has 2 atom stereocenters. The zero-order valence-electron chi connectivity index (χ0n) is 10.2. The van der Waals surface area contributed by atoms with E-state index in [-0.39, 0.29) is 13.0 Å². The number of carbonyl (C=O) groups excluding carboxylic acids is 1. The molecule has 0 radical (unpaired) electrons. The second-order valence-corrected chi connectivity index (χ2v) is 3.87. The second kappa shape index (κ2) is 7.10. The highest BCUT2D eigenvalue weighted by molar-refractivity contribution is 5.89. The molecule has 1 aromatic rings. The predicted molar refractivity (Wildman–Crippen MR) is 65.1 cm³/mol. The van der Waals surface area contributed by atoms with Gasteiger partial charge in [0.15, 0.2) is 0 Å².